The van der Waals surface area contributed by atoms with Crippen LogP contribution in [0.3, 0.4) is 0 Å². The summed E-state index contributed by atoms with van der Waals surface area (Å²) in [6.07, 6.45) is 2.89. The first-order chi connectivity index (χ1) is 5.97. The summed E-state index contributed by atoms with van der Waals surface area (Å²) < 4.78 is 23.4. The number of hydrogen-bond donors (Lipinski definition) is 0. The summed E-state index contributed by atoms with van der Waals surface area (Å²) in [5.74, 6) is 0. The molecule has 13 heavy (non-hydrogen) atoms. The zero-order chi connectivity index (χ0) is 9.64. The highest BCUT2D eigenvalue weighted by atomic mass is 35.7. The van der Waals surface area contributed by atoms with Gasteiger partial charge in [-0.05, 0) is 0 Å². The molecule has 2 rings (SSSR count). The number of halogens is 2. The lowest BCUT2D eigenvalue weighted by atomic mass is 10.9. The minimum Gasteiger partial charge on any atom is -0.295 e. The van der Waals surface area contributed by atoms with Gasteiger partial charge in [0.25, 0.3) is 9.05 Å². The fourth-order valence-corrected chi connectivity index (χ4v) is 3.06. The molecule has 0 radical (unpaired) electrons. The van der Waals surface area contributed by atoms with E-state index in [1.165, 1.54) is 16.8 Å². The first kappa shape index (κ1) is 9.26. The zero-order valence-corrected chi connectivity index (χ0v) is 9.08. The molecule has 0 bridgehead atoms. The summed E-state index contributed by atoms with van der Waals surface area (Å²) in [4.78, 5) is 4.38. The summed E-state index contributed by atoms with van der Waals surface area (Å²) in [7, 11) is 1.47. The van der Waals surface area contributed by atoms with Gasteiger partial charge in [0.15, 0.2) is 9.17 Å². The predicted molar refractivity (Wildman–Crippen MR) is 51.1 cm³/mol. The minimum atomic E-state index is -3.66. The molecule has 4 nitrogen and oxygen atoms in total. The van der Waals surface area contributed by atoms with E-state index in [1.54, 1.807) is 0 Å². The average Bonchev–Trinajstić information content (AvgIpc) is 2.40. The number of nitrogens with zero attached hydrogens (tertiary/aromatic N) is 2. The summed E-state index contributed by atoms with van der Waals surface area (Å²) in [6.45, 7) is 0. The molecular weight excluding hydrogens is 255 g/mol. The van der Waals surface area contributed by atoms with E-state index in [-0.39, 0.29) is 4.21 Å². The van der Waals surface area contributed by atoms with Gasteiger partial charge < -0.3 is 0 Å². The van der Waals surface area contributed by atoms with E-state index < -0.39 is 9.05 Å². The summed E-state index contributed by atoms with van der Waals surface area (Å²) >= 11 is 6.56. The quantitative estimate of drug-likeness (QED) is 0.734. The highest BCUT2D eigenvalue weighted by Gasteiger charge is 2.15. The van der Waals surface area contributed by atoms with Crippen molar-refractivity contribution in [1.82, 2.24) is 9.38 Å². The Morgan fingerprint density at radius 1 is 1.46 bits per heavy atom. The van der Waals surface area contributed by atoms with E-state index in [4.69, 9.17) is 22.3 Å². The van der Waals surface area contributed by atoms with E-state index in [9.17, 15) is 8.42 Å². The fourth-order valence-electron chi connectivity index (χ4n) is 0.859. The Morgan fingerprint density at radius 3 is 2.69 bits per heavy atom. The first-order valence-electron chi connectivity index (χ1n) is 3.05. The fraction of sp³-hybridized carbons (Fsp3) is 0. The minimum absolute atomic E-state index is 0.0633. The van der Waals surface area contributed by atoms with Crippen LogP contribution in [0.2, 0.25) is 5.15 Å². The predicted octanol–water partition coefficient (Wildman–Crippen LogP) is 1.98. The van der Waals surface area contributed by atoms with Gasteiger partial charge in [-0.1, -0.05) is 22.9 Å². The van der Waals surface area contributed by atoms with Gasteiger partial charge in [0.1, 0.15) is 5.15 Å². The van der Waals surface area contributed by atoms with Gasteiger partial charge in [0.05, 0.1) is 0 Å². The molecule has 0 atom stereocenters. The molecule has 0 N–H and O–H groups in total. The van der Waals surface area contributed by atoms with Crippen LogP contribution in [0.25, 0.3) is 4.96 Å². The highest BCUT2D eigenvalue weighted by molar-refractivity contribution is 8.15. The number of fused-ring (bicyclic) bond motifs is 1. The Bertz CT molecular complexity index is 525. The Balaban J connectivity index is 2.71. The van der Waals surface area contributed by atoms with Crippen LogP contribution in [0.5, 0.6) is 0 Å². The molecule has 2 aromatic rings. The van der Waals surface area contributed by atoms with Crippen LogP contribution in [0.1, 0.15) is 0 Å². The molecule has 0 aliphatic carbocycles. The molecule has 8 heteroatoms. The summed E-state index contributed by atoms with van der Waals surface area (Å²) in [5, 5.41) is 0.324. The maximum atomic E-state index is 10.9. The van der Waals surface area contributed by atoms with Crippen LogP contribution in [-0.4, -0.2) is 17.8 Å². The van der Waals surface area contributed by atoms with Gasteiger partial charge in [0, 0.05) is 23.1 Å². The molecule has 0 aromatic carbocycles. The molecule has 0 spiro atoms. The Hall–Kier alpha value is -0.300. The van der Waals surface area contributed by atoms with Gasteiger partial charge in [-0.25, -0.2) is 13.4 Å². The Morgan fingerprint density at radius 2 is 2.15 bits per heavy atom. The third-order valence-electron chi connectivity index (χ3n) is 1.35. The van der Waals surface area contributed by atoms with Crippen LogP contribution in [0, 0.1) is 0 Å². The molecule has 0 unspecified atom stereocenters. The van der Waals surface area contributed by atoms with E-state index in [0.717, 1.165) is 11.3 Å². The lowest BCUT2D eigenvalue weighted by molar-refractivity contribution is 0.611. The van der Waals surface area contributed by atoms with Crippen molar-refractivity contribution in [3.63, 3.8) is 0 Å². The monoisotopic (exact) mass is 256 g/mol. The van der Waals surface area contributed by atoms with Gasteiger partial charge in [-0.3, -0.25) is 4.40 Å². The normalized spacial score (nSPS) is 12.5. The second-order valence-electron chi connectivity index (χ2n) is 2.24. The van der Waals surface area contributed by atoms with Gasteiger partial charge >= 0.3 is 0 Å². The molecular formula is C5H2Cl2N2O2S2. The average molecular weight is 257 g/mol. The zero-order valence-electron chi connectivity index (χ0n) is 5.94. The van der Waals surface area contributed by atoms with Crippen LogP contribution in [0.15, 0.2) is 16.6 Å². The van der Waals surface area contributed by atoms with E-state index >= 15 is 0 Å². The van der Waals surface area contributed by atoms with Crippen molar-refractivity contribution >= 4 is 47.6 Å². The van der Waals surface area contributed by atoms with Crippen molar-refractivity contribution in [2.24, 2.45) is 0 Å². The molecule has 0 aliphatic rings. The third kappa shape index (κ3) is 1.67. The maximum absolute atomic E-state index is 10.9. The number of hydrogen-bond acceptors (Lipinski definition) is 4. The third-order valence-corrected chi connectivity index (χ3v) is 4.59. The molecule has 0 saturated carbocycles. The van der Waals surface area contributed by atoms with Crippen LogP contribution < -0.4 is 0 Å². The number of thiazole rings is 1. The van der Waals surface area contributed by atoms with Crippen LogP contribution >= 0.6 is 33.6 Å². The molecule has 0 saturated heterocycles. The summed E-state index contributed by atoms with van der Waals surface area (Å²) in [6, 6.07) is 0. The smallest absolute Gasteiger partial charge is 0.272 e. The number of aromatic nitrogens is 2. The van der Waals surface area contributed by atoms with E-state index in [0.29, 0.717) is 10.1 Å². The summed E-state index contributed by atoms with van der Waals surface area (Å²) in [5.41, 5.74) is 0. The van der Waals surface area contributed by atoms with Crippen molar-refractivity contribution in [2.45, 2.75) is 4.21 Å². The SMILES string of the molecule is O=S(=O)(Cl)c1cn2cc(Cl)nc2s1. The van der Waals surface area contributed by atoms with Crippen molar-refractivity contribution in [2.75, 3.05) is 0 Å². The van der Waals surface area contributed by atoms with Crippen molar-refractivity contribution < 1.29 is 8.42 Å². The second kappa shape index (κ2) is 2.84. The topological polar surface area (TPSA) is 51.4 Å². The van der Waals surface area contributed by atoms with E-state index in [2.05, 4.69) is 4.98 Å². The first-order valence-corrected chi connectivity index (χ1v) is 6.56. The molecule has 2 aromatic heterocycles. The molecule has 0 aliphatic heterocycles. The Kier molecular flexibility index (Phi) is 2.03. The highest BCUT2D eigenvalue weighted by Crippen LogP contribution is 2.26. The molecule has 0 fully saturated rings. The number of rotatable bonds is 1. The lowest BCUT2D eigenvalue weighted by Crippen LogP contribution is -1.84. The second-order valence-corrected chi connectivity index (χ2v) is 6.43. The lowest BCUT2D eigenvalue weighted by Gasteiger charge is -1.83. The van der Waals surface area contributed by atoms with Gasteiger partial charge in [-0.15, -0.1) is 0 Å². The van der Waals surface area contributed by atoms with Gasteiger partial charge in [-0.2, -0.15) is 0 Å². The Labute approximate surface area is 87.1 Å². The molecule has 70 valence electrons. The van der Waals surface area contributed by atoms with Crippen LogP contribution in [0.4, 0.5) is 0 Å². The van der Waals surface area contributed by atoms with Crippen molar-refractivity contribution in [3.8, 4) is 0 Å². The molecule has 0 amide bonds. The molecule has 2 heterocycles. The van der Waals surface area contributed by atoms with E-state index in [1.807, 2.05) is 0 Å². The van der Waals surface area contributed by atoms with Crippen molar-refractivity contribution in [3.05, 3.63) is 17.5 Å². The number of imidazole rings is 1. The standard InChI is InChI=1S/C5H2Cl2N2O2S2/c6-3-1-9-2-4(13(7,10)11)12-5(9)8-3/h1-2H. The largest absolute Gasteiger partial charge is 0.295 e. The van der Waals surface area contributed by atoms with Crippen molar-refractivity contribution in [1.29, 1.82) is 0 Å². The van der Waals surface area contributed by atoms with Crippen LogP contribution in [-0.2, 0) is 9.05 Å². The maximum Gasteiger partial charge on any atom is 0.272 e. The van der Waals surface area contributed by atoms with Gasteiger partial charge in [0.2, 0.25) is 0 Å².